The Morgan fingerprint density at radius 3 is 2.83 bits per heavy atom. The van der Waals surface area contributed by atoms with Gasteiger partial charge in [-0.05, 0) is 25.0 Å². The number of aromatic nitrogens is 1. The van der Waals surface area contributed by atoms with Gasteiger partial charge in [0.15, 0.2) is 5.13 Å². The van der Waals surface area contributed by atoms with Crippen LogP contribution in [0.5, 0.6) is 5.75 Å². The van der Waals surface area contributed by atoms with Gasteiger partial charge in [0, 0.05) is 24.7 Å². The number of carbonyl (C=O) groups is 1. The summed E-state index contributed by atoms with van der Waals surface area (Å²) in [6.45, 7) is 1.18. The van der Waals surface area contributed by atoms with Crippen molar-refractivity contribution in [3.8, 4) is 5.75 Å². The number of esters is 1. The standard InChI is InChI=1S/C16H15F3N2O2S/c17-16(18,19)12-5-1-2-6-13(12)23-14(22)11-4-3-8-21(10-11)15-20-7-9-24-15/h1-2,5-7,9,11H,3-4,8,10H2/t11-/m0/s1. The molecule has 2 heterocycles. The number of piperidine rings is 1. The molecular formula is C16H15F3N2O2S. The maximum Gasteiger partial charge on any atom is 0.419 e. The molecule has 24 heavy (non-hydrogen) atoms. The van der Waals surface area contributed by atoms with E-state index in [1.807, 2.05) is 10.3 Å². The first-order chi connectivity index (χ1) is 11.4. The molecule has 1 aliphatic rings. The van der Waals surface area contributed by atoms with E-state index in [0.717, 1.165) is 24.2 Å². The van der Waals surface area contributed by atoms with Crippen LogP contribution in [-0.4, -0.2) is 24.0 Å². The van der Waals surface area contributed by atoms with Crippen molar-refractivity contribution in [1.82, 2.24) is 4.98 Å². The van der Waals surface area contributed by atoms with Gasteiger partial charge >= 0.3 is 12.1 Å². The Morgan fingerprint density at radius 1 is 1.33 bits per heavy atom. The minimum absolute atomic E-state index is 0.403. The number of ether oxygens (including phenoxy) is 1. The Balaban J connectivity index is 1.71. The maximum atomic E-state index is 13.0. The summed E-state index contributed by atoms with van der Waals surface area (Å²) in [7, 11) is 0. The van der Waals surface area contributed by atoms with E-state index in [2.05, 4.69) is 4.98 Å². The number of para-hydroxylation sites is 1. The molecule has 1 saturated heterocycles. The van der Waals surface area contributed by atoms with Gasteiger partial charge in [-0.25, -0.2) is 4.98 Å². The van der Waals surface area contributed by atoms with E-state index in [-0.39, 0.29) is 0 Å². The normalized spacial score (nSPS) is 18.5. The summed E-state index contributed by atoms with van der Waals surface area (Å²) >= 11 is 1.47. The number of alkyl halides is 3. The summed E-state index contributed by atoms with van der Waals surface area (Å²) in [6.07, 6.45) is -1.52. The Labute approximate surface area is 140 Å². The largest absolute Gasteiger partial charge is 0.426 e. The van der Waals surface area contributed by atoms with Crippen LogP contribution in [0, 0.1) is 5.92 Å². The molecule has 0 bridgehead atoms. The van der Waals surface area contributed by atoms with Crippen LogP contribution >= 0.6 is 11.3 Å². The third-order valence-electron chi connectivity index (χ3n) is 3.85. The number of hydrogen-bond donors (Lipinski definition) is 0. The summed E-state index contributed by atoms with van der Waals surface area (Å²) in [5.74, 6) is -1.54. The third-order valence-corrected chi connectivity index (χ3v) is 4.68. The summed E-state index contributed by atoms with van der Waals surface area (Å²) < 4.78 is 44.0. The topological polar surface area (TPSA) is 42.4 Å². The highest BCUT2D eigenvalue weighted by molar-refractivity contribution is 7.13. The predicted octanol–water partition coefficient (Wildman–Crippen LogP) is 3.98. The number of anilines is 1. The molecule has 0 radical (unpaired) electrons. The molecule has 0 saturated carbocycles. The summed E-state index contributed by atoms with van der Waals surface area (Å²) in [6, 6.07) is 4.76. The molecule has 4 nitrogen and oxygen atoms in total. The van der Waals surface area contributed by atoms with Crippen LogP contribution in [0.15, 0.2) is 35.8 Å². The first kappa shape index (κ1) is 16.8. The SMILES string of the molecule is O=C(Oc1ccccc1C(F)(F)F)[C@H]1CCCN(c2nccs2)C1. The monoisotopic (exact) mass is 356 g/mol. The van der Waals surface area contributed by atoms with E-state index < -0.39 is 29.4 Å². The molecule has 0 aliphatic carbocycles. The van der Waals surface area contributed by atoms with Gasteiger partial charge in [-0.3, -0.25) is 4.79 Å². The van der Waals surface area contributed by atoms with Gasteiger partial charge in [0.2, 0.25) is 0 Å². The van der Waals surface area contributed by atoms with Crippen LogP contribution in [0.25, 0.3) is 0 Å². The van der Waals surface area contributed by atoms with Crippen molar-refractivity contribution in [3.63, 3.8) is 0 Å². The Kier molecular flexibility index (Phi) is 4.75. The van der Waals surface area contributed by atoms with Crippen LogP contribution in [0.4, 0.5) is 18.3 Å². The number of halogens is 3. The minimum atomic E-state index is -4.56. The van der Waals surface area contributed by atoms with E-state index >= 15 is 0 Å². The predicted molar refractivity (Wildman–Crippen MR) is 84.1 cm³/mol. The molecular weight excluding hydrogens is 341 g/mol. The third kappa shape index (κ3) is 3.69. The van der Waals surface area contributed by atoms with Gasteiger partial charge in [0.05, 0.1) is 11.5 Å². The molecule has 8 heteroatoms. The summed E-state index contributed by atoms with van der Waals surface area (Å²) in [4.78, 5) is 18.5. The Hall–Kier alpha value is -2.09. The van der Waals surface area contributed by atoms with E-state index in [1.165, 1.54) is 29.5 Å². The van der Waals surface area contributed by atoms with Crippen molar-refractivity contribution >= 4 is 22.4 Å². The van der Waals surface area contributed by atoms with Crippen molar-refractivity contribution in [1.29, 1.82) is 0 Å². The van der Waals surface area contributed by atoms with Gasteiger partial charge in [0.1, 0.15) is 5.75 Å². The molecule has 0 N–H and O–H groups in total. The number of carbonyl (C=O) groups excluding carboxylic acids is 1. The highest BCUT2D eigenvalue weighted by atomic mass is 32.1. The summed E-state index contributed by atoms with van der Waals surface area (Å²) in [5, 5.41) is 2.65. The fourth-order valence-corrected chi connectivity index (χ4v) is 3.38. The minimum Gasteiger partial charge on any atom is -0.426 e. The molecule has 1 atom stereocenters. The number of thiazole rings is 1. The molecule has 3 rings (SSSR count). The average Bonchev–Trinajstić information content (AvgIpc) is 3.09. The lowest BCUT2D eigenvalue weighted by atomic mass is 9.98. The molecule has 0 spiro atoms. The van der Waals surface area contributed by atoms with Crippen molar-refractivity contribution in [2.45, 2.75) is 19.0 Å². The van der Waals surface area contributed by atoms with Crippen LogP contribution in [0.3, 0.4) is 0 Å². The fraction of sp³-hybridized carbons (Fsp3) is 0.375. The van der Waals surface area contributed by atoms with E-state index in [1.54, 1.807) is 6.20 Å². The van der Waals surface area contributed by atoms with Crippen LogP contribution in [-0.2, 0) is 11.0 Å². The quantitative estimate of drug-likeness (QED) is 0.616. The van der Waals surface area contributed by atoms with Crippen LogP contribution < -0.4 is 9.64 Å². The second kappa shape index (κ2) is 6.80. The number of benzene rings is 1. The lowest BCUT2D eigenvalue weighted by Crippen LogP contribution is -2.40. The zero-order valence-corrected chi connectivity index (χ0v) is 13.4. The molecule has 0 amide bonds. The smallest absolute Gasteiger partial charge is 0.419 e. The van der Waals surface area contributed by atoms with Gasteiger partial charge in [-0.2, -0.15) is 13.2 Å². The Bertz CT molecular complexity index is 704. The lowest BCUT2D eigenvalue weighted by molar-refractivity contribution is -0.144. The number of nitrogens with zero attached hydrogens (tertiary/aromatic N) is 2. The molecule has 1 aliphatic heterocycles. The maximum absolute atomic E-state index is 13.0. The van der Waals surface area contributed by atoms with Crippen molar-refractivity contribution in [3.05, 3.63) is 41.4 Å². The van der Waals surface area contributed by atoms with Crippen molar-refractivity contribution in [2.24, 2.45) is 5.92 Å². The molecule has 1 fully saturated rings. The highest BCUT2D eigenvalue weighted by Crippen LogP contribution is 2.36. The fourth-order valence-electron chi connectivity index (χ4n) is 2.70. The van der Waals surface area contributed by atoms with E-state index in [9.17, 15) is 18.0 Å². The number of rotatable bonds is 3. The van der Waals surface area contributed by atoms with Crippen LogP contribution in [0.1, 0.15) is 18.4 Å². The van der Waals surface area contributed by atoms with Crippen LogP contribution in [0.2, 0.25) is 0 Å². The van der Waals surface area contributed by atoms with E-state index in [0.29, 0.717) is 13.0 Å². The van der Waals surface area contributed by atoms with Crippen molar-refractivity contribution < 1.29 is 22.7 Å². The first-order valence-corrected chi connectivity index (χ1v) is 8.35. The lowest BCUT2D eigenvalue weighted by Gasteiger charge is -2.31. The molecule has 1 aromatic carbocycles. The molecule has 128 valence electrons. The van der Waals surface area contributed by atoms with Gasteiger partial charge < -0.3 is 9.64 Å². The second-order valence-corrected chi connectivity index (χ2v) is 6.39. The van der Waals surface area contributed by atoms with Gasteiger partial charge in [-0.15, -0.1) is 11.3 Å². The zero-order chi connectivity index (χ0) is 17.2. The van der Waals surface area contributed by atoms with Gasteiger partial charge in [0.25, 0.3) is 0 Å². The van der Waals surface area contributed by atoms with E-state index in [4.69, 9.17) is 4.74 Å². The molecule has 0 unspecified atom stereocenters. The Morgan fingerprint density at radius 2 is 2.12 bits per heavy atom. The van der Waals surface area contributed by atoms with Crippen molar-refractivity contribution in [2.75, 3.05) is 18.0 Å². The highest BCUT2D eigenvalue weighted by Gasteiger charge is 2.36. The van der Waals surface area contributed by atoms with Gasteiger partial charge in [-0.1, -0.05) is 12.1 Å². The number of hydrogen-bond acceptors (Lipinski definition) is 5. The second-order valence-electron chi connectivity index (χ2n) is 5.51. The average molecular weight is 356 g/mol. The first-order valence-electron chi connectivity index (χ1n) is 7.47. The molecule has 2 aromatic rings. The summed E-state index contributed by atoms with van der Waals surface area (Å²) in [5.41, 5.74) is -0.939. The zero-order valence-electron chi connectivity index (χ0n) is 12.6. The molecule has 1 aromatic heterocycles.